The Kier molecular flexibility index (Phi) is 12.3. The second kappa shape index (κ2) is 20.1. The molecule has 2 aliphatic rings. The van der Waals surface area contributed by atoms with Gasteiger partial charge >= 0.3 is 0 Å². The third-order valence-corrected chi connectivity index (χ3v) is 20.0. The molecule has 0 radical (unpaired) electrons. The maximum absolute atomic E-state index is 5.54. The van der Waals surface area contributed by atoms with Crippen LogP contribution in [0.3, 0.4) is 0 Å². The standard InChI is InChI=1S/C81H65N5/c1-78(2)68-46-51(38-42-64(68)66-44-40-58(49-69(66)79(78,3)4)73-72(53-25-11-8-12-26-53)82-71-45-41-52-24-17-18-35-62(52)74(71)83-73)50-81(7)67-37-22-21-36-63(67)65-43-39-57(48-70(65)80(81,5)6)61-34-20-19-33-60(61)56-31-23-32-59(47-56)77-85-75(54-27-13-9-14-28-54)84-76(86-77)55-29-15-10-16-30-55/h8-49H,50H2,1-7H3. The molecule has 86 heavy (non-hydrogen) atoms. The van der Waals surface area contributed by atoms with E-state index in [-0.39, 0.29) is 21.7 Å². The van der Waals surface area contributed by atoms with Gasteiger partial charge in [-0.25, -0.2) is 24.9 Å². The van der Waals surface area contributed by atoms with Crippen molar-refractivity contribution >= 4 is 21.8 Å². The Labute approximate surface area is 504 Å². The van der Waals surface area contributed by atoms with E-state index in [1.165, 1.54) is 61.2 Å². The van der Waals surface area contributed by atoms with Crippen LogP contribution in [0.1, 0.15) is 76.3 Å². The number of aromatic nitrogens is 5. The average molecular weight is 1110 g/mol. The molecule has 0 saturated heterocycles. The van der Waals surface area contributed by atoms with Crippen LogP contribution in [0.4, 0.5) is 0 Å². The molecule has 2 aliphatic carbocycles. The van der Waals surface area contributed by atoms with E-state index in [0.29, 0.717) is 17.5 Å². The molecule has 0 bridgehead atoms. The predicted molar refractivity (Wildman–Crippen MR) is 356 cm³/mol. The van der Waals surface area contributed by atoms with Gasteiger partial charge in [-0.15, -0.1) is 0 Å². The van der Waals surface area contributed by atoms with Crippen LogP contribution in [0.2, 0.25) is 0 Å². The van der Waals surface area contributed by atoms with Crippen LogP contribution in [0, 0.1) is 0 Å². The maximum Gasteiger partial charge on any atom is 0.164 e. The predicted octanol–water partition coefficient (Wildman–Crippen LogP) is 20.3. The van der Waals surface area contributed by atoms with Gasteiger partial charge in [0.1, 0.15) is 0 Å². The largest absolute Gasteiger partial charge is 0.244 e. The van der Waals surface area contributed by atoms with E-state index in [9.17, 15) is 0 Å². The van der Waals surface area contributed by atoms with E-state index < -0.39 is 0 Å². The molecule has 0 aliphatic heterocycles. The molecule has 0 spiro atoms. The van der Waals surface area contributed by atoms with Crippen LogP contribution >= 0.6 is 0 Å². The molecule has 414 valence electrons. The van der Waals surface area contributed by atoms with Crippen molar-refractivity contribution in [2.75, 3.05) is 0 Å². The molecule has 11 aromatic carbocycles. The second-order valence-corrected chi connectivity index (χ2v) is 25.4. The Balaban J connectivity index is 0.792. The lowest BCUT2D eigenvalue weighted by Gasteiger charge is -2.51. The van der Waals surface area contributed by atoms with Gasteiger partial charge in [-0.3, -0.25) is 0 Å². The summed E-state index contributed by atoms with van der Waals surface area (Å²) in [6.45, 7) is 17.3. The number of rotatable bonds is 9. The molecule has 1 unspecified atom stereocenters. The Morgan fingerprint density at radius 2 is 0.733 bits per heavy atom. The third kappa shape index (κ3) is 8.46. The Hall–Kier alpha value is -9.97. The van der Waals surface area contributed by atoms with Crippen LogP contribution in [0.25, 0.3) is 123 Å². The van der Waals surface area contributed by atoms with E-state index >= 15 is 0 Å². The molecule has 0 amide bonds. The van der Waals surface area contributed by atoms with Gasteiger partial charge in [-0.2, -0.15) is 0 Å². The minimum atomic E-state index is -0.280. The average Bonchev–Trinajstić information content (AvgIpc) is 0.768. The SMILES string of the molecule is CC1(C)c2cc(CC3(C)c4ccccc4-c4ccc(-c5ccccc5-c5cccc(-c6nc(-c7ccccc7)nc(-c7ccccc7)n6)c5)cc4C3(C)C)ccc2-c2ccc(-c3nc4c(ccc5ccccc54)nc3-c3ccccc3)cc2C1(C)C. The molecule has 2 heterocycles. The normalized spacial score (nSPS) is 16.0. The first-order valence-electron chi connectivity index (χ1n) is 30.1. The zero-order valence-electron chi connectivity index (χ0n) is 49.7. The quantitative estimate of drug-likeness (QED) is 0.135. The van der Waals surface area contributed by atoms with Gasteiger partial charge in [0.25, 0.3) is 0 Å². The maximum atomic E-state index is 5.54. The highest BCUT2D eigenvalue weighted by molar-refractivity contribution is 6.05. The monoisotopic (exact) mass is 1110 g/mol. The van der Waals surface area contributed by atoms with Crippen molar-refractivity contribution < 1.29 is 0 Å². The Morgan fingerprint density at radius 3 is 1.38 bits per heavy atom. The molecule has 13 aromatic rings. The van der Waals surface area contributed by atoms with Crippen molar-refractivity contribution in [1.29, 1.82) is 0 Å². The summed E-state index contributed by atoms with van der Waals surface area (Å²) in [4.78, 5) is 26.1. The number of hydrogen-bond donors (Lipinski definition) is 0. The Morgan fingerprint density at radius 1 is 0.279 bits per heavy atom. The fourth-order valence-electron chi connectivity index (χ4n) is 14.1. The minimum Gasteiger partial charge on any atom is -0.244 e. The summed E-state index contributed by atoms with van der Waals surface area (Å²) in [5, 5.41) is 2.27. The second-order valence-electron chi connectivity index (χ2n) is 25.4. The van der Waals surface area contributed by atoms with E-state index in [1.807, 2.05) is 36.4 Å². The first kappa shape index (κ1) is 52.8. The third-order valence-electron chi connectivity index (χ3n) is 20.0. The molecule has 5 nitrogen and oxygen atoms in total. The van der Waals surface area contributed by atoms with Crippen molar-refractivity contribution in [1.82, 2.24) is 24.9 Å². The lowest BCUT2D eigenvalue weighted by atomic mass is 9.52. The summed E-state index contributed by atoms with van der Waals surface area (Å²) in [6.07, 6.45) is 0.867. The molecule has 1 atom stereocenters. The summed E-state index contributed by atoms with van der Waals surface area (Å²) >= 11 is 0. The van der Waals surface area contributed by atoms with Gasteiger partial charge < -0.3 is 0 Å². The van der Waals surface area contributed by atoms with Gasteiger partial charge in [0.05, 0.1) is 22.4 Å². The number of hydrogen-bond acceptors (Lipinski definition) is 5. The van der Waals surface area contributed by atoms with E-state index in [4.69, 9.17) is 24.9 Å². The van der Waals surface area contributed by atoms with Crippen molar-refractivity contribution in [2.45, 2.75) is 76.5 Å². The van der Waals surface area contributed by atoms with Crippen molar-refractivity contribution in [3.63, 3.8) is 0 Å². The highest BCUT2D eigenvalue weighted by Crippen LogP contribution is 2.58. The lowest BCUT2D eigenvalue weighted by Crippen LogP contribution is -2.47. The molecule has 0 saturated carbocycles. The number of nitrogens with zero attached hydrogens (tertiary/aromatic N) is 5. The van der Waals surface area contributed by atoms with Crippen LogP contribution in [0.5, 0.6) is 0 Å². The lowest BCUT2D eigenvalue weighted by molar-refractivity contribution is 0.269. The van der Waals surface area contributed by atoms with Crippen LogP contribution in [0.15, 0.2) is 255 Å². The zero-order chi connectivity index (χ0) is 58.5. The van der Waals surface area contributed by atoms with E-state index in [1.54, 1.807) is 0 Å². The topological polar surface area (TPSA) is 64.5 Å². The van der Waals surface area contributed by atoms with Gasteiger partial charge in [0.2, 0.25) is 0 Å². The molecule has 5 heteroatoms. The summed E-state index contributed by atoms with van der Waals surface area (Å²) in [6, 6.07) is 92.0. The van der Waals surface area contributed by atoms with Crippen LogP contribution in [-0.2, 0) is 28.1 Å². The minimum absolute atomic E-state index is 0.228. The van der Waals surface area contributed by atoms with Crippen LogP contribution in [-0.4, -0.2) is 24.9 Å². The highest BCUT2D eigenvalue weighted by Gasteiger charge is 2.50. The molecular formula is C81H65N5. The summed E-state index contributed by atoms with van der Waals surface area (Å²) in [5.41, 5.74) is 24.2. The van der Waals surface area contributed by atoms with Crippen molar-refractivity contribution in [3.8, 4) is 101 Å². The molecule has 15 rings (SSSR count). The first-order valence-corrected chi connectivity index (χ1v) is 30.1. The van der Waals surface area contributed by atoms with E-state index in [2.05, 4.69) is 267 Å². The highest BCUT2D eigenvalue weighted by atomic mass is 15.0. The summed E-state index contributed by atoms with van der Waals surface area (Å²) < 4.78 is 0. The zero-order valence-corrected chi connectivity index (χ0v) is 49.7. The van der Waals surface area contributed by atoms with Gasteiger partial charge in [-0.05, 0) is 119 Å². The van der Waals surface area contributed by atoms with Gasteiger partial charge in [-0.1, -0.05) is 279 Å². The summed E-state index contributed by atoms with van der Waals surface area (Å²) in [7, 11) is 0. The fraction of sp³-hybridized carbons (Fsp3) is 0.148. The molecule has 2 aromatic heterocycles. The van der Waals surface area contributed by atoms with Crippen molar-refractivity contribution in [2.24, 2.45) is 0 Å². The van der Waals surface area contributed by atoms with E-state index in [0.717, 1.165) is 78.6 Å². The van der Waals surface area contributed by atoms with Gasteiger partial charge in [0.15, 0.2) is 17.5 Å². The fourth-order valence-corrected chi connectivity index (χ4v) is 14.1. The number of fused-ring (bicyclic) bond motifs is 9. The molecule has 0 fully saturated rings. The smallest absolute Gasteiger partial charge is 0.164 e. The molecule has 0 N–H and O–H groups in total. The van der Waals surface area contributed by atoms with Crippen LogP contribution < -0.4 is 0 Å². The van der Waals surface area contributed by atoms with Gasteiger partial charge in [0, 0.05) is 44.0 Å². The molecular weight excluding hydrogens is 1040 g/mol. The van der Waals surface area contributed by atoms with Crippen molar-refractivity contribution in [3.05, 3.63) is 283 Å². The number of benzene rings is 11. The Bertz CT molecular complexity index is 4770. The first-order chi connectivity index (χ1) is 41.7. The summed E-state index contributed by atoms with van der Waals surface area (Å²) in [5.74, 6) is 1.92.